The minimum Gasteiger partial charge on any atom is -0.424 e. The molecule has 36 heavy (non-hydrogen) atoms. The second-order valence-electron chi connectivity index (χ2n) is 8.67. The summed E-state index contributed by atoms with van der Waals surface area (Å²) in [6, 6.07) is 15.4. The highest BCUT2D eigenvalue weighted by molar-refractivity contribution is 5.98. The van der Waals surface area contributed by atoms with E-state index in [1.165, 1.54) is 16.3 Å². The second-order valence-corrected chi connectivity index (χ2v) is 8.67. The Morgan fingerprint density at radius 1 is 1.08 bits per heavy atom. The molecule has 1 amide bonds. The Hall–Kier alpha value is -4.44. The lowest BCUT2D eigenvalue weighted by molar-refractivity contribution is -0.111. The molecule has 184 valence electrons. The largest absolute Gasteiger partial charge is 0.424 e. The van der Waals surface area contributed by atoms with Crippen molar-refractivity contribution in [3.8, 4) is 11.8 Å². The quantitative estimate of drug-likeness (QED) is 0.382. The summed E-state index contributed by atoms with van der Waals surface area (Å²) in [6.45, 7) is 9.70. The van der Waals surface area contributed by atoms with Gasteiger partial charge in [0.1, 0.15) is 5.75 Å². The summed E-state index contributed by atoms with van der Waals surface area (Å²) in [5, 5.41) is 10.3. The van der Waals surface area contributed by atoms with E-state index in [0.717, 1.165) is 37.4 Å². The molecular formula is C26H28N8O2. The van der Waals surface area contributed by atoms with E-state index in [2.05, 4.69) is 74.2 Å². The number of aromatic nitrogens is 4. The number of anilines is 4. The standard InChI is InChI=1S/C26H28N8O2/c1-4-24(35)28-19-6-5-7-21(17-19)36-26-31-25(30-23-10-11-27-34(23)26)29-22-9-8-20(16-18(22)2)33-14-12-32(3)13-15-33/h4-11,16-17H,1,12-15H2,2-3H3,(H,28,35)(H,29,30). The van der Waals surface area contributed by atoms with E-state index in [-0.39, 0.29) is 11.9 Å². The van der Waals surface area contributed by atoms with Crippen LogP contribution in [0.1, 0.15) is 5.56 Å². The highest BCUT2D eigenvalue weighted by atomic mass is 16.5. The van der Waals surface area contributed by atoms with Gasteiger partial charge < -0.3 is 25.2 Å². The van der Waals surface area contributed by atoms with Crippen molar-refractivity contribution < 1.29 is 9.53 Å². The molecule has 0 bridgehead atoms. The summed E-state index contributed by atoms with van der Waals surface area (Å²) in [6.07, 6.45) is 2.85. The average Bonchev–Trinajstić information content (AvgIpc) is 3.35. The van der Waals surface area contributed by atoms with E-state index < -0.39 is 0 Å². The lowest BCUT2D eigenvalue weighted by atomic mass is 10.1. The number of fused-ring (bicyclic) bond motifs is 1. The van der Waals surface area contributed by atoms with Crippen molar-refractivity contribution in [2.75, 3.05) is 48.8 Å². The van der Waals surface area contributed by atoms with Gasteiger partial charge in [-0.2, -0.15) is 19.6 Å². The van der Waals surface area contributed by atoms with Crippen molar-refractivity contribution in [3.05, 3.63) is 72.9 Å². The molecule has 3 heterocycles. The Labute approximate surface area is 209 Å². The van der Waals surface area contributed by atoms with Crippen molar-refractivity contribution >= 4 is 34.6 Å². The number of piperazine rings is 1. The first kappa shape index (κ1) is 23.3. The van der Waals surface area contributed by atoms with E-state index >= 15 is 0 Å². The van der Waals surface area contributed by atoms with Gasteiger partial charge in [0.15, 0.2) is 5.65 Å². The van der Waals surface area contributed by atoms with Crippen LogP contribution in [0.25, 0.3) is 5.65 Å². The Morgan fingerprint density at radius 3 is 2.69 bits per heavy atom. The smallest absolute Gasteiger partial charge is 0.328 e. The van der Waals surface area contributed by atoms with Crippen LogP contribution < -0.4 is 20.3 Å². The van der Waals surface area contributed by atoms with Crippen LogP contribution in [0.4, 0.5) is 23.0 Å². The maximum absolute atomic E-state index is 11.6. The molecule has 5 rings (SSSR count). The molecule has 0 unspecified atom stereocenters. The molecule has 2 N–H and O–H groups in total. The number of nitrogens with zero attached hydrogens (tertiary/aromatic N) is 6. The zero-order valence-corrected chi connectivity index (χ0v) is 20.3. The number of carbonyl (C=O) groups excluding carboxylic acids is 1. The highest BCUT2D eigenvalue weighted by Gasteiger charge is 2.16. The van der Waals surface area contributed by atoms with Crippen LogP contribution in [0.3, 0.4) is 0 Å². The minimum atomic E-state index is -0.302. The molecule has 0 aliphatic carbocycles. The Morgan fingerprint density at radius 2 is 1.92 bits per heavy atom. The van der Waals surface area contributed by atoms with Gasteiger partial charge in [-0.05, 0) is 55.9 Å². The van der Waals surface area contributed by atoms with Gasteiger partial charge in [0.25, 0.3) is 0 Å². The normalized spacial score (nSPS) is 14.0. The number of carbonyl (C=O) groups is 1. The summed E-state index contributed by atoms with van der Waals surface area (Å²) >= 11 is 0. The fraction of sp³-hybridized carbons (Fsp3) is 0.231. The number of likely N-dealkylation sites (N-methyl/N-ethyl adjacent to an activating group) is 1. The van der Waals surface area contributed by atoms with Crippen molar-refractivity contribution in [1.29, 1.82) is 0 Å². The van der Waals surface area contributed by atoms with E-state index in [1.54, 1.807) is 36.5 Å². The summed E-state index contributed by atoms with van der Waals surface area (Å²) in [5.74, 6) is 0.583. The van der Waals surface area contributed by atoms with Crippen LogP contribution >= 0.6 is 0 Å². The van der Waals surface area contributed by atoms with Gasteiger partial charge in [0.2, 0.25) is 11.9 Å². The minimum absolute atomic E-state index is 0.242. The lowest BCUT2D eigenvalue weighted by Gasteiger charge is -2.34. The molecule has 10 heteroatoms. The molecule has 2 aromatic carbocycles. The van der Waals surface area contributed by atoms with E-state index in [9.17, 15) is 4.79 Å². The third-order valence-electron chi connectivity index (χ3n) is 6.05. The molecule has 1 aliphatic heterocycles. The first-order valence-corrected chi connectivity index (χ1v) is 11.7. The van der Waals surface area contributed by atoms with Crippen LogP contribution in [0.5, 0.6) is 11.8 Å². The average molecular weight is 485 g/mol. The number of hydrogen-bond acceptors (Lipinski definition) is 8. The van der Waals surface area contributed by atoms with E-state index in [1.807, 2.05) is 0 Å². The Balaban J connectivity index is 1.38. The summed E-state index contributed by atoms with van der Waals surface area (Å²) < 4.78 is 7.56. The fourth-order valence-electron chi connectivity index (χ4n) is 4.03. The van der Waals surface area contributed by atoms with Crippen molar-refractivity contribution in [2.45, 2.75) is 6.92 Å². The van der Waals surface area contributed by atoms with Gasteiger partial charge in [-0.25, -0.2) is 0 Å². The predicted molar refractivity (Wildman–Crippen MR) is 140 cm³/mol. The van der Waals surface area contributed by atoms with Gasteiger partial charge >= 0.3 is 6.01 Å². The fourth-order valence-corrected chi connectivity index (χ4v) is 4.03. The first-order chi connectivity index (χ1) is 17.5. The number of ether oxygens (including phenoxy) is 1. The van der Waals surface area contributed by atoms with Crippen LogP contribution in [0.2, 0.25) is 0 Å². The van der Waals surface area contributed by atoms with Crippen LogP contribution in [0.15, 0.2) is 67.4 Å². The third-order valence-corrected chi connectivity index (χ3v) is 6.05. The van der Waals surface area contributed by atoms with Crippen LogP contribution in [0, 0.1) is 6.92 Å². The molecule has 1 aliphatic rings. The van der Waals surface area contributed by atoms with Gasteiger partial charge in [-0.3, -0.25) is 4.79 Å². The summed E-state index contributed by atoms with van der Waals surface area (Å²) in [4.78, 5) is 25.5. The van der Waals surface area contributed by atoms with E-state index in [0.29, 0.717) is 23.0 Å². The zero-order valence-electron chi connectivity index (χ0n) is 20.3. The van der Waals surface area contributed by atoms with Crippen molar-refractivity contribution in [2.24, 2.45) is 0 Å². The highest BCUT2D eigenvalue weighted by Crippen LogP contribution is 2.28. The molecule has 4 aromatic rings. The van der Waals surface area contributed by atoms with Crippen molar-refractivity contribution in [3.63, 3.8) is 0 Å². The third kappa shape index (κ3) is 5.13. The SMILES string of the molecule is C=CC(=O)Nc1cccc(Oc2nc(Nc3ccc(N4CCN(C)CC4)cc3C)nc3ccnn23)c1. The molecule has 0 atom stereocenters. The van der Waals surface area contributed by atoms with Crippen molar-refractivity contribution in [1.82, 2.24) is 24.5 Å². The molecule has 1 fully saturated rings. The molecular weight excluding hydrogens is 456 g/mol. The summed E-state index contributed by atoms with van der Waals surface area (Å²) in [5.41, 5.74) is 4.39. The first-order valence-electron chi connectivity index (χ1n) is 11.7. The maximum Gasteiger partial charge on any atom is 0.328 e. The maximum atomic E-state index is 11.6. The zero-order chi connectivity index (χ0) is 25.1. The lowest BCUT2D eigenvalue weighted by Crippen LogP contribution is -2.44. The van der Waals surface area contributed by atoms with Gasteiger partial charge in [-0.1, -0.05) is 12.6 Å². The van der Waals surface area contributed by atoms with E-state index in [4.69, 9.17) is 4.74 Å². The number of rotatable bonds is 7. The van der Waals surface area contributed by atoms with Gasteiger partial charge in [0.05, 0.1) is 6.20 Å². The predicted octanol–water partition coefficient (Wildman–Crippen LogP) is 3.84. The molecule has 2 aromatic heterocycles. The number of benzene rings is 2. The monoisotopic (exact) mass is 484 g/mol. The van der Waals surface area contributed by atoms with Crippen LogP contribution in [-0.4, -0.2) is 63.6 Å². The van der Waals surface area contributed by atoms with Gasteiger partial charge in [-0.15, -0.1) is 0 Å². The molecule has 10 nitrogen and oxygen atoms in total. The number of amides is 1. The molecule has 0 spiro atoms. The van der Waals surface area contributed by atoms with Crippen LogP contribution in [-0.2, 0) is 4.79 Å². The Bertz CT molecular complexity index is 1410. The van der Waals surface area contributed by atoms with Gasteiger partial charge in [0, 0.05) is 55.4 Å². The molecule has 1 saturated heterocycles. The Kier molecular flexibility index (Phi) is 6.50. The number of hydrogen-bond donors (Lipinski definition) is 2. The molecule has 0 radical (unpaired) electrons. The molecule has 0 saturated carbocycles. The summed E-state index contributed by atoms with van der Waals surface area (Å²) in [7, 11) is 2.16. The topological polar surface area (TPSA) is 99.9 Å². The number of nitrogens with one attached hydrogen (secondary N) is 2. The second kappa shape index (κ2) is 10.0. The number of aryl methyl sites for hydroxylation is 1.